The Bertz CT molecular complexity index is 1120. The molecule has 1 heterocycles. The number of rotatable bonds is 5. The number of carbonyl (C=O) groups is 1. The third-order valence-electron chi connectivity index (χ3n) is 4.37. The first-order chi connectivity index (χ1) is 13.6. The van der Waals surface area contributed by atoms with Gasteiger partial charge in [-0.05, 0) is 48.4 Å². The third kappa shape index (κ3) is 3.92. The van der Waals surface area contributed by atoms with Crippen LogP contribution in [0.5, 0.6) is 0 Å². The predicted molar refractivity (Wildman–Crippen MR) is 111 cm³/mol. The van der Waals surface area contributed by atoms with Crippen LogP contribution in [0.15, 0.2) is 71.9 Å². The van der Waals surface area contributed by atoms with Gasteiger partial charge in [0.15, 0.2) is 5.16 Å². The lowest BCUT2D eigenvalue weighted by molar-refractivity contribution is 0.102. The molecule has 0 aliphatic heterocycles. The summed E-state index contributed by atoms with van der Waals surface area (Å²) in [5.74, 6) is -0.203. The Kier molecular flexibility index (Phi) is 5.12. The first kappa shape index (κ1) is 18.3. The summed E-state index contributed by atoms with van der Waals surface area (Å²) in [5.41, 5.74) is 4.24. The van der Waals surface area contributed by atoms with E-state index in [0.29, 0.717) is 11.3 Å². The van der Waals surface area contributed by atoms with Crippen LogP contribution < -0.4 is 5.32 Å². The fraction of sp³-hybridized carbons (Fsp3) is 0.0909. The molecule has 0 unspecified atom stereocenters. The van der Waals surface area contributed by atoms with E-state index in [-0.39, 0.29) is 11.6 Å². The summed E-state index contributed by atoms with van der Waals surface area (Å²) in [5, 5.41) is 3.46. The molecule has 6 heteroatoms. The van der Waals surface area contributed by atoms with E-state index in [9.17, 15) is 9.18 Å². The van der Waals surface area contributed by atoms with Crippen LogP contribution in [0.1, 0.15) is 21.5 Å². The van der Waals surface area contributed by atoms with Gasteiger partial charge >= 0.3 is 0 Å². The van der Waals surface area contributed by atoms with Crippen LogP contribution in [0.3, 0.4) is 0 Å². The lowest BCUT2D eigenvalue weighted by Gasteiger charge is -2.10. The number of amides is 1. The lowest BCUT2D eigenvalue weighted by atomic mass is 10.1. The van der Waals surface area contributed by atoms with E-state index in [0.717, 1.165) is 27.3 Å². The van der Waals surface area contributed by atoms with Crippen LogP contribution in [-0.2, 0) is 5.75 Å². The van der Waals surface area contributed by atoms with Crippen LogP contribution in [0.4, 0.5) is 10.1 Å². The molecule has 0 aliphatic carbocycles. The highest BCUT2D eigenvalue weighted by atomic mass is 32.2. The highest BCUT2D eigenvalue weighted by molar-refractivity contribution is 7.98. The zero-order chi connectivity index (χ0) is 19.5. The van der Waals surface area contributed by atoms with Crippen LogP contribution in [0.25, 0.3) is 11.0 Å². The number of imidazole rings is 1. The van der Waals surface area contributed by atoms with Crippen molar-refractivity contribution in [1.82, 2.24) is 9.97 Å². The standard InChI is InChI=1S/C22H18FN3OS/c1-14-10-11-18(17(23)12-14)24-21(27)16-7-3-2-6-15(16)13-28-22-25-19-8-4-5-9-20(19)26-22/h2-12H,13H2,1H3,(H,24,27)(H,25,26). The summed E-state index contributed by atoms with van der Waals surface area (Å²) in [6, 6.07) is 19.9. The number of nitrogens with one attached hydrogen (secondary N) is 2. The lowest BCUT2D eigenvalue weighted by Crippen LogP contribution is -2.15. The smallest absolute Gasteiger partial charge is 0.256 e. The molecule has 0 bridgehead atoms. The van der Waals surface area contributed by atoms with Crippen molar-refractivity contribution in [3.05, 3.63) is 89.2 Å². The molecule has 4 nitrogen and oxygen atoms in total. The maximum Gasteiger partial charge on any atom is 0.256 e. The monoisotopic (exact) mass is 391 g/mol. The minimum Gasteiger partial charge on any atom is -0.333 e. The minimum absolute atomic E-state index is 0.176. The number of benzene rings is 3. The van der Waals surface area contributed by atoms with Crippen molar-refractivity contribution in [1.29, 1.82) is 0 Å². The number of hydrogen-bond acceptors (Lipinski definition) is 3. The number of para-hydroxylation sites is 2. The van der Waals surface area contributed by atoms with E-state index < -0.39 is 5.82 Å². The van der Waals surface area contributed by atoms with Gasteiger partial charge in [0.25, 0.3) is 5.91 Å². The molecule has 1 amide bonds. The topological polar surface area (TPSA) is 57.8 Å². The quantitative estimate of drug-likeness (QED) is 0.438. The van der Waals surface area contributed by atoms with Crippen molar-refractivity contribution >= 4 is 34.4 Å². The van der Waals surface area contributed by atoms with Crippen molar-refractivity contribution in [2.45, 2.75) is 17.8 Å². The molecule has 140 valence electrons. The third-order valence-corrected chi connectivity index (χ3v) is 5.29. The average molecular weight is 391 g/mol. The molecule has 0 aliphatic rings. The number of carbonyl (C=O) groups excluding carboxylic acids is 1. The fourth-order valence-electron chi connectivity index (χ4n) is 2.92. The SMILES string of the molecule is Cc1ccc(NC(=O)c2ccccc2CSc2nc3ccccc3[nH]2)c(F)c1. The molecule has 0 radical (unpaired) electrons. The van der Waals surface area contributed by atoms with Crippen molar-refractivity contribution in [2.75, 3.05) is 5.32 Å². The number of thioether (sulfide) groups is 1. The molecule has 1 aromatic heterocycles. The second kappa shape index (κ2) is 7.86. The molecule has 3 aromatic carbocycles. The van der Waals surface area contributed by atoms with Crippen molar-refractivity contribution in [2.24, 2.45) is 0 Å². The number of aromatic amines is 1. The van der Waals surface area contributed by atoms with E-state index in [1.54, 1.807) is 31.2 Å². The number of fused-ring (bicyclic) bond motifs is 1. The molecular formula is C22H18FN3OS. The van der Waals surface area contributed by atoms with E-state index in [1.807, 2.05) is 36.4 Å². The van der Waals surface area contributed by atoms with Crippen LogP contribution in [0.2, 0.25) is 0 Å². The number of anilines is 1. The van der Waals surface area contributed by atoms with E-state index in [4.69, 9.17) is 0 Å². The molecule has 0 atom stereocenters. The zero-order valence-corrected chi connectivity index (χ0v) is 16.0. The number of nitrogens with zero attached hydrogens (tertiary/aromatic N) is 1. The molecule has 0 saturated heterocycles. The Labute approximate surface area is 166 Å². The molecule has 0 spiro atoms. The van der Waals surface area contributed by atoms with Crippen molar-refractivity contribution in [3.8, 4) is 0 Å². The van der Waals surface area contributed by atoms with Gasteiger partial charge < -0.3 is 10.3 Å². The van der Waals surface area contributed by atoms with Gasteiger partial charge in [0.05, 0.1) is 16.7 Å². The number of aryl methyl sites for hydroxylation is 1. The highest BCUT2D eigenvalue weighted by Gasteiger charge is 2.14. The van der Waals surface area contributed by atoms with Gasteiger partial charge in [-0.3, -0.25) is 4.79 Å². The summed E-state index contributed by atoms with van der Waals surface area (Å²) < 4.78 is 14.1. The van der Waals surface area contributed by atoms with Gasteiger partial charge in [0.2, 0.25) is 0 Å². The summed E-state index contributed by atoms with van der Waals surface area (Å²) in [6.07, 6.45) is 0. The van der Waals surface area contributed by atoms with Gasteiger partial charge in [-0.25, -0.2) is 9.37 Å². The molecule has 4 rings (SSSR count). The number of H-pyrrole nitrogens is 1. The molecule has 28 heavy (non-hydrogen) atoms. The second-order valence-electron chi connectivity index (χ2n) is 6.44. The number of halogens is 1. The van der Waals surface area contributed by atoms with Crippen molar-refractivity contribution < 1.29 is 9.18 Å². The Morgan fingerprint density at radius 1 is 1.11 bits per heavy atom. The van der Waals surface area contributed by atoms with Gasteiger partial charge in [-0.15, -0.1) is 0 Å². The molecule has 4 aromatic rings. The average Bonchev–Trinajstić information content (AvgIpc) is 3.12. The number of hydrogen-bond donors (Lipinski definition) is 2. The van der Waals surface area contributed by atoms with Gasteiger partial charge in [-0.2, -0.15) is 0 Å². The maximum atomic E-state index is 14.1. The Morgan fingerprint density at radius 2 is 1.89 bits per heavy atom. The zero-order valence-electron chi connectivity index (χ0n) is 15.2. The summed E-state index contributed by atoms with van der Waals surface area (Å²) in [6.45, 7) is 1.80. The van der Waals surface area contributed by atoms with Crippen LogP contribution in [-0.4, -0.2) is 15.9 Å². The van der Waals surface area contributed by atoms with E-state index >= 15 is 0 Å². The fourth-order valence-corrected chi connectivity index (χ4v) is 3.81. The molecule has 0 saturated carbocycles. The summed E-state index contributed by atoms with van der Waals surface area (Å²) >= 11 is 1.52. The Hall–Kier alpha value is -3.12. The van der Waals surface area contributed by atoms with E-state index in [2.05, 4.69) is 15.3 Å². The van der Waals surface area contributed by atoms with Crippen LogP contribution >= 0.6 is 11.8 Å². The Balaban J connectivity index is 1.52. The maximum absolute atomic E-state index is 14.1. The highest BCUT2D eigenvalue weighted by Crippen LogP contribution is 2.25. The largest absolute Gasteiger partial charge is 0.333 e. The minimum atomic E-state index is -0.442. The number of aromatic nitrogens is 2. The summed E-state index contributed by atoms with van der Waals surface area (Å²) in [4.78, 5) is 20.5. The summed E-state index contributed by atoms with van der Waals surface area (Å²) in [7, 11) is 0. The van der Waals surface area contributed by atoms with Gasteiger partial charge in [0, 0.05) is 11.3 Å². The van der Waals surface area contributed by atoms with Gasteiger partial charge in [0.1, 0.15) is 5.82 Å². The van der Waals surface area contributed by atoms with Gasteiger partial charge in [-0.1, -0.05) is 48.2 Å². The van der Waals surface area contributed by atoms with Crippen LogP contribution in [0, 0.1) is 12.7 Å². The van der Waals surface area contributed by atoms with E-state index in [1.165, 1.54) is 17.8 Å². The molecule has 0 fully saturated rings. The predicted octanol–water partition coefficient (Wildman–Crippen LogP) is 5.56. The molecule has 2 N–H and O–H groups in total. The van der Waals surface area contributed by atoms with Crippen molar-refractivity contribution in [3.63, 3.8) is 0 Å². The first-order valence-corrected chi connectivity index (χ1v) is 9.82. The second-order valence-corrected chi connectivity index (χ2v) is 7.41. The first-order valence-electron chi connectivity index (χ1n) is 8.83. The Morgan fingerprint density at radius 3 is 2.71 bits per heavy atom. The molecular weight excluding hydrogens is 373 g/mol. The normalized spacial score (nSPS) is 10.9.